The van der Waals surface area contributed by atoms with Crippen LogP contribution in [0.3, 0.4) is 0 Å². The molecule has 10 heteroatoms. The summed E-state index contributed by atoms with van der Waals surface area (Å²) in [5, 5.41) is 5.96. The van der Waals surface area contributed by atoms with E-state index in [1.54, 1.807) is 30.6 Å². The number of hydrogen-bond donors (Lipinski definition) is 3. The van der Waals surface area contributed by atoms with Crippen LogP contribution in [-0.4, -0.2) is 32.8 Å². The molecule has 4 rings (SSSR count). The van der Waals surface area contributed by atoms with Gasteiger partial charge in [0.15, 0.2) is 5.65 Å². The molecule has 0 aliphatic rings. The summed E-state index contributed by atoms with van der Waals surface area (Å²) in [5.41, 5.74) is 2.03. The average Bonchev–Trinajstić information content (AvgIpc) is 3.45. The molecule has 7 nitrogen and oxygen atoms in total. The molecule has 0 saturated heterocycles. The summed E-state index contributed by atoms with van der Waals surface area (Å²) in [6, 6.07) is 7.76. The number of nitrogens with zero attached hydrogens (tertiary/aromatic N) is 2. The van der Waals surface area contributed by atoms with Gasteiger partial charge in [-0.1, -0.05) is 38.4 Å². The highest BCUT2D eigenvalue weighted by Gasteiger charge is 2.24. The minimum absolute atomic E-state index is 0.0296. The number of nitrogens with one attached hydrogen (secondary N) is 3. The zero-order valence-corrected chi connectivity index (χ0v) is 21.3. The van der Waals surface area contributed by atoms with Crippen LogP contribution in [-0.2, 0) is 6.54 Å². The fraction of sp³-hybridized carbons (Fsp3) is 0.280. The number of carbonyl (C=O) groups is 2. The second-order valence-corrected chi connectivity index (χ2v) is 10.8. The SMILES string of the molecule is C[C@H](NC(=O)c1c[nH]c2ncc(-c3ccc(C(=O)NCc4c(F)cccc4Cl)s3)nc12)C(C)(C)C. The summed E-state index contributed by atoms with van der Waals surface area (Å²) in [5.74, 6) is -1.06. The molecule has 1 aromatic carbocycles. The summed E-state index contributed by atoms with van der Waals surface area (Å²) in [7, 11) is 0. The number of benzene rings is 1. The minimum Gasteiger partial charge on any atom is -0.349 e. The Morgan fingerprint density at radius 3 is 2.69 bits per heavy atom. The lowest BCUT2D eigenvalue weighted by molar-refractivity contribution is 0.0910. The summed E-state index contributed by atoms with van der Waals surface area (Å²) in [6.07, 6.45) is 3.19. The van der Waals surface area contributed by atoms with E-state index in [4.69, 9.17) is 11.6 Å². The minimum atomic E-state index is -0.475. The molecule has 0 fully saturated rings. The molecule has 3 N–H and O–H groups in total. The maximum atomic E-state index is 14.0. The normalized spacial score (nSPS) is 12.5. The van der Waals surface area contributed by atoms with Gasteiger partial charge in [0.05, 0.1) is 27.2 Å². The van der Waals surface area contributed by atoms with Crippen LogP contribution in [0.15, 0.2) is 42.7 Å². The Morgan fingerprint density at radius 1 is 1.20 bits per heavy atom. The van der Waals surface area contributed by atoms with Crippen LogP contribution >= 0.6 is 22.9 Å². The molecule has 182 valence electrons. The summed E-state index contributed by atoms with van der Waals surface area (Å²) in [6.45, 7) is 8.10. The standard InChI is InChI=1S/C25H25ClFN5O2S/c1-13(25(2,3)4)31-23(33)15-11-28-22-21(15)32-18(12-29-22)19-8-9-20(35-19)24(34)30-10-14-16(26)6-5-7-17(14)27/h5-9,11-13H,10H2,1-4H3,(H,28,29)(H,30,34)(H,31,33)/t13-/m0/s1. The van der Waals surface area contributed by atoms with E-state index >= 15 is 0 Å². The zero-order valence-electron chi connectivity index (χ0n) is 19.7. The van der Waals surface area contributed by atoms with Crippen LogP contribution in [0.4, 0.5) is 4.39 Å². The molecule has 1 atom stereocenters. The van der Waals surface area contributed by atoms with Gasteiger partial charge >= 0.3 is 0 Å². The van der Waals surface area contributed by atoms with Crippen molar-refractivity contribution in [1.82, 2.24) is 25.6 Å². The Bertz CT molecular complexity index is 1390. The molecule has 0 aliphatic heterocycles. The predicted octanol–water partition coefficient (Wildman–Crippen LogP) is 5.57. The van der Waals surface area contributed by atoms with Crippen LogP contribution in [0.2, 0.25) is 5.02 Å². The lowest BCUT2D eigenvalue weighted by Crippen LogP contribution is -2.41. The molecule has 0 bridgehead atoms. The quantitative estimate of drug-likeness (QED) is 0.313. The Kier molecular flexibility index (Phi) is 6.91. The topological polar surface area (TPSA) is 99.8 Å². The van der Waals surface area contributed by atoms with Crippen LogP contribution < -0.4 is 10.6 Å². The van der Waals surface area contributed by atoms with Crippen LogP contribution in [0.1, 0.15) is 53.3 Å². The van der Waals surface area contributed by atoms with E-state index in [0.717, 1.165) is 0 Å². The molecular weight excluding hydrogens is 489 g/mol. The smallest absolute Gasteiger partial charge is 0.261 e. The summed E-state index contributed by atoms with van der Waals surface area (Å²) >= 11 is 7.26. The van der Waals surface area contributed by atoms with Crippen molar-refractivity contribution in [3.8, 4) is 10.6 Å². The van der Waals surface area contributed by atoms with Crippen molar-refractivity contribution < 1.29 is 14.0 Å². The van der Waals surface area contributed by atoms with E-state index in [1.165, 1.54) is 23.5 Å². The van der Waals surface area contributed by atoms with Crippen molar-refractivity contribution in [2.24, 2.45) is 5.41 Å². The first-order chi connectivity index (χ1) is 16.5. The van der Waals surface area contributed by atoms with Crippen LogP contribution in [0, 0.1) is 11.2 Å². The van der Waals surface area contributed by atoms with E-state index in [0.29, 0.717) is 32.2 Å². The summed E-state index contributed by atoms with van der Waals surface area (Å²) < 4.78 is 14.0. The fourth-order valence-electron chi connectivity index (χ4n) is 3.23. The third kappa shape index (κ3) is 5.36. The van der Waals surface area contributed by atoms with Gasteiger partial charge < -0.3 is 15.6 Å². The largest absolute Gasteiger partial charge is 0.349 e. The first-order valence-electron chi connectivity index (χ1n) is 11.0. The van der Waals surface area contributed by atoms with Gasteiger partial charge in [-0.15, -0.1) is 11.3 Å². The molecule has 2 amide bonds. The molecule has 0 spiro atoms. The molecule has 0 aliphatic carbocycles. The van der Waals surface area contributed by atoms with Gasteiger partial charge in [0.1, 0.15) is 11.3 Å². The van der Waals surface area contributed by atoms with Gasteiger partial charge in [0, 0.05) is 29.4 Å². The van der Waals surface area contributed by atoms with Gasteiger partial charge in [0.25, 0.3) is 11.8 Å². The molecule has 0 unspecified atom stereocenters. The van der Waals surface area contributed by atoms with E-state index < -0.39 is 5.82 Å². The molecule has 3 aromatic heterocycles. The zero-order chi connectivity index (χ0) is 25.3. The van der Waals surface area contributed by atoms with Gasteiger partial charge in [-0.3, -0.25) is 9.59 Å². The second-order valence-electron chi connectivity index (χ2n) is 9.26. The van der Waals surface area contributed by atoms with Crippen LogP contribution in [0.5, 0.6) is 0 Å². The highest BCUT2D eigenvalue weighted by atomic mass is 35.5. The number of halogens is 2. The van der Waals surface area contributed by atoms with Crippen molar-refractivity contribution in [3.63, 3.8) is 0 Å². The number of fused-ring (bicyclic) bond motifs is 1. The van der Waals surface area contributed by atoms with E-state index in [-0.39, 0.29) is 40.4 Å². The molecule has 3 heterocycles. The molecule has 4 aromatic rings. The Labute approximate surface area is 211 Å². The number of thiophene rings is 1. The van der Waals surface area contributed by atoms with Gasteiger partial charge in [-0.05, 0) is 36.6 Å². The Morgan fingerprint density at radius 2 is 1.97 bits per heavy atom. The first kappa shape index (κ1) is 24.8. The van der Waals surface area contributed by atoms with Crippen molar-refractivity contribution >= 4 is 45.9 Å². The van der Waals surface area contributed by atoms with Gasteiger partial charge in [0.2, 0.25) is 0 Å². The fourth-order valence-corrected chi connectivity index (χ4v) is 4.34. The average molecular weight is 514 g/mol. The van der Waals surface area contributed by atoms with Crippen molar-refractivity contribution in [1.29, 1.82) is 0 Å². The number of H-pyrrole nitrogens is 1. The lowest BCUT2D eigenvalue weighted by Gasteiger charge is -2.27. The number of aromatic nitrogens is 3. The number of hydrogen-bond acceptors (Lipinski definition) is 5. The van der Waals surface area contributed by atoms with E-state index in [2.05, 4.69) is 46.4 Å². The third-order valence-corrected chi connectivity index (χ3v) is 7.30. The van der Waals surface area contributed by atoms with E-state index in [9.17, 15) is 14.0 Å². The Balaban J connectivity index is 1.52. The number of rotatable bonds is 6. The van der Waals surface area contributed by atoms with Crippen molar-refractivity contribution in [2.45, 2.75) is 40.3 Å². The van der Waals surface area contributed by atoms with Crippen LogP contribution in [0.25, 0.3) is 21.7 Å². The number of carbonyl (C=O) groups excluding carboxylic acids is 2. The maximum Gasteiger partial charge on any atom is 0.261 e. The second kappa shape index (κ2) is 9.75. The molecule has 35 heavy (non-hydrogen) atoms. The number of amides is 2. The van der Waals surface area contributed by atoms with Crippen molar-refractivity contribution in [3.05, 3.63) is 69.6 Å². The van der Waals surface area contributed by atoms with E-state index in [1.807, 2.05) is 6.92 Å². The maximum absolute atomic E-state index is 14.0. The van der Waals surface area contributed by atoms with Gasteiger partial charge in [-0.2, -0.15) is 0 Å². The molecule has 0 saturated carbocycles. The van der Waals surface area contributed by atoms with Gasteiger partial charge in [-0.25, -0.2) is 14.4 Å². The summed E-state index contributed by atoms with van der Waals surface area (Å²) in [4.78, 5) is 38.7. The predicted molar refractivity (Wildman–Crippen MR) is 136 cm³/mol. The molecule has 0 radical (unpaired) electrons. The number of aromatic amines is 1. The monoisotopic (exact) mass is 513 g/mol. The lowest BCUT2D eigenvalue weighted by atomic mass is 9.88. The van der Waals surface area contributed by atoms with Crippen molar-refractivity contribution in [2.75, 3.05) is 0 Å². The Hall–Kier alpha value is -3.30. The molecular formula is C25H25ClFN5O2S. The first-order valence-corrected chi connectivity index (χ1v) is 12.2. The highest BCUT2D eigenvalue weighted by molar-refractivity contribution is 7.17. The third-order valence-electron chi connectivity index (χ3n) is 5.84. The highest BCUT2D eigenvalue weighted by Crippen LogP contribution is 2.29.